The first-order valence-electron chi connectivity index (χ1n) is 7.24. The van der Waals surface area contributed by atoms with Gasteiger partial charge in [-0.2, -0.15) is 9.97 Å². The van der Waals surface area contributed by atoms with Crippen LogP contribution in [0.2, 0.25) is 0 Å². The van der Waals surface area contributed by atoms with E-state index in [1.54, 1.807) is 0 Å². The number of hydrogen-bond acceptors (Lipinski definition) is 6. The molecule has 0 aliphatic rings. The van der Waals surface area contributed by atoms with Crippen LogP contribution in [0.15, 0.2) is 0 Å². The summed E-state index contributed by atoms with van der Waals surface area (Å²) in [6.07, 6.45) is 1.01. The molecule has 0 amide bonds. The van der Waals surface area contributed by atoms with Gasteiger partial charge in [-0.15, -0.1) is 4.98 Å². The largest absolute Gasteiger partial charge is 0.461 e. The lowest BCUT2D eigenvalue weighted by atomic mass is 10.1. The summed E-state index contributed by atoms with van der Waals surface area (Å²) in [6, 6.07) is 0.595. The van der Waals surface area contributed by atoms with Crippen molar-refractivity contribution in [3.63, 3.8) is 0 Å². The quantitative estimate of drug-likeness (QED) is 0.790. The zero-order chi connectivity index (χ0) is 15.1. The van der Waals surface area contributed by atoms with Crippen LogP contribution in [-0.4, -0.2) is 33.7 Å². The van der Waals surface area contributed by atoms with Crippen LogP contribution >= 0.6 is 0 Å². The van der Waals surface area contributed by atoms with Crippen LogP contribution in [0.1, 0.15) is 48.0 Å². The van der Waals surface area contributed by atoms with Crippen LogP contribution in [0.25, 0.3) is 0 Å². The highest BCUT2D eigenvalue weighted by Gasteiger charge is 2.13. The molecule has 0 bridgehead atoms. The molecule has 0 aliphatic carbocycles. The Morgan fingerprint density at radius 3 is 2.05 bits per heavy atom. The van der Waals surface area contributed by atoms with Crippen LogP contribution in [-0.2, 0) is 0 Å². The maximum absolute atomic E-state index is 5.75. The van der Waals surface area contributed by atoms with Gasteiger partial charge in [-0.25, -0.2) is 0 Å². The van der Waals surface area contributed by atoms with Gasteiger partial charge in [0.1, 0.15) is 0 Å². The molecule has 1 rings (SSSR count). The Labute approximate surface area is 121 Å². The molecular weight excluding hydrogens is 256 g/mol. The topological polar surface area (TPSA) is 69.2 Å². The SMILES string of the molecule is CCNc1nc(OC(C)C)nc(OC(C)CC(C)C)n1. The maximum atomic E-state index is 5.75. The van der Waals surface area contributed by atoms with Gasteiger partial charge in [-0.1, -0.05) is 13.8 Å². The van der Waals surface area contributed by atoms with E-state index in [1.165, 1.54) is 0 Å². The normalized spacial score (nSPS) is 12.6. The first-order chi connectivity index (χ1) is 9.40. The predicted molar refractivity (Wildman–Crippen MR) is 79.3 cm³/mol. The Balaban J connectivity index is 2.84. The first kappa shape index (κ1) is 16.5. The monoisotopic (exact) mass is 282 g/mol. The summed E-state index contributed by atoms with van der Waals surface area (Å²) in [5.74, 6) is 1.04. The summed E-state index contributed by atoms with van der Waals surface area (Å²) in [7, 11) is 0. The highest BCUT2D eigenvalue weighted by molar-refractivity contribution is 5.27. The lowest BCUT2D eigenvalue weighted by molar-refractivity contribution is 0.168. The van der Waals surface area contributed by atoms with E-state index in [0.717, 1.165) is 13.0 Å². The standard InChI is InChI=1S/C14H26N4O2/c1-7-15-12-16-13(19-10(4)5)18-14(17-12)20-11(6)8-9(2)3/h9-11H,7-8H2,1-6H3,(H,15,16,17,18). The Hall–Kier alpha value is -1.59. The van der Waals surface area contributed by atoms with Crippen molar-refractivity contribution >= 4 is 5.95 Å². The van der Waals surface area contributed by atoms with Crippen molar-refractivity contribution in [1.29, 1.82) is 0 Å². The molecule has 0 aromatic carbocycles. The van der Waals surface area contributed by atoms with Gasteiger partial charge in [0.05, 0.1) is 12.2 Å². The maximum Gasteiger partial charge on any atom is 0.324 e. The van der Waals surface area contributed by atoms with Gasteiger partial charge in [0.2, 0.25) is 5.95 Å². The molecule has 1 N–H and O–H groups in total. The van der Waals surface area contributed by atoms with Crippen LogP contribution in [0, 0.1) is 5.92 Å². The summed E-state index contributed by atoms with van der Waals surface area (Å²) >= 11 is 0. The Kier molecular flexibility index (Phi) is 6.48. The van der Waals surface area contributed by atoms with Crippen molar-refractivity contribution in [2.75, 3.05) is 11.9 Å². The van der Waals surface area contributed by atoms with Gasteiger partial charge in [-0.05, 0) is 40.0 Å². The van der Waals surface area contributed by atoms with E-state index >= 15 is 0 Å². The van der Waals surface area contributed by atoms with Crippen molar-refractivity contribution in [3.05, 3.63) is 0 Å². The van der Waals surface area contributed by atoms with E-state index in [0.29, 0.717) is 17.9 Å². The summed E-state index contributed by atoms with van der Waals surface area (Å²) < 4.78 is 11.3. The highest BCUT2D eigenvalue weighted by Crippen LogP contribution is 2.17. The molecule has 0 fully saturated rings. The molecule has 6 heteroatoms. The van der Waals surface area contributed by atoms with E-state index in [4.69, 9.17) is 9.47 Å². The third-order valence-electron chi connectivity index (χ3n) is 2.38. The average molecular weight is 282 g/mol. The fourth-order valence-electron chi connectivity index (χ4n) is 1.78. The van der Waals surface area contributed by atoms with Crippen molar-refractivity contribution < 1.29 is 9.47 Å². The van der Waals surface area contributed by atoms with E-state index < -0.39 is 0 Å². The predicted octanol–water partition coefficient (Wildman–Crippen LogP) is 2.90. The van der Waals surface area contributed by atoms with Crippen molar-refractivity contribution in [1.82, 2.24) is 15.0 Å². The molecule has 1 aromatic heterocycles. The van der Waals surface area contributed by atoms with Crippen molar-refractivity contribution in [2.24, 2.45) is 5.92 Å². The lowest BCUT2D eigenvalue weighted by Gasteiger charge is -2.16. The van der Waals surface area contributed by atoms with Gasteiger partial charge in [0.25, 0.3) is 0 Å². The fraction of sp³-hybridized carbons (Fsp3) is 0.786. The fourth-order valence-corrected chi connectivity index (χ4v) is 1.78. The van der Waals surface area contributed by atoms with E-state index in [-0.39, 0.29) is 18.2 Å². The molecule has 1 heterocycles. The number of aromatic nitrogens is 3. The van der Waals surface area contributed by atoms with E-state index in [2.05, 4.69) is 34.1 Å². The number of hydrogen-bond donors (Lipinski definition) is 1. The second-order valence-electron chi connectivity index (χ2n) is 5.48. The van der Waals surface area contributed by atoms with Gasteiger partial charge in [0, 0.05) is 6.54 Å². The molecule has 1 atom stereocenters. The molecule has 0 radical (unpaired) electrons. The second kappa shape index (κ2) is 7.87. The lowest BCUT2D eigenvalue weighted by Crippen LogP contribution is -2.18. The van der Waals surface area contributed by atoms with Gasteiger partial charge < -0.3 is 14.8 Å². The minimum atomic E-state index is 0.00724. The van der Waals surface area contributed by atoms with Crippen LogP contribution < -0.4 is 14.8 Å². The van der Waals surface area contributed by atoms with Crippen LogP contribution in [0.3, 0.4) is 0 Å². The van der Waals surface area contributed by atoms with Gasteiger partial charge >= 0.3 is 12.0 Å². The summed E-state index contributed by atoms with van der Waals surface area (Å²) in [5.41, 5.74) is 0. The van der Waals surface area contributed by atoms with Crippen molar-refractivity contribution in [2.45, 2.75) is 60.2 Å². The van der Waals surface area contributed by atoms with E-state index in [1.807, 2.05) is 27.7 Å². The molecule has 1 unspecified atom stereocenters. The minimum absolute atomic E-state index is 0.00724. The zero-order valence-corrected chi connectivity index (χ0v) is 13.3. The summed E-state index contributed by atoms with van der Waals surface area (Å²) in [6.45, 7) is 12.9. The Morgan fingerprint density at radius 1 is 0.950 bits per heavy atom. The second-order valence-corrected chi connectivity index (χ2v) is 5.48. The number of nitrogens with one attached hydrogen (secondary N) is 1. The number of anilines is 1. The molecule has 1 aromatic rings. The first-order valence-corrected chi connectivity index (χ1v) is 7.24. The van der Waals surface area contributed by atoms with E-state index in [9.17, 15) is 0 Å². The molecule has 0 saturated heterocycles. The molecule has 0 saturated carbocycles. The Bertz CT molecular complexity index is 410. The molecule has 0 spiro atoms. The Morgan fingerprint density at radius 2 is 1.55 bits per heavy atom. The van der Waals surface area contributed by atoms with Gasteiger partial charge in [0.15, 0.2) is 0 Å². The minimum Gasteiger partial charge on any atom is -0.461 e. The van der Waals surface area contributed by atoms with Crippen LogP contribution in [0.4, 0.5) is 5.95 Å². The average Bonchev–Trinajstić information content (AvgIpc) is 2.26. The summed E-state index contributed by atoms with van der Waals surface area (Å²) in [5, 5.41) is 3.05. The molecule has 20 heavy (non-hydrogen) atoms. The zero-order valence-electron chi connectivity index (χ0n) is 13.3. The van der Waals surface area contributed by atoms with Crippen LogP contribution in [0.5, 0.6) is 12.0 Å². The molecule has 6 nitrogen and oxygen atoms in total. The molecule has 114 valence electrons. The number of rotatable bonds is 8. The number of ether oxygens (including phenoxy) is 2. The summed E-state index contributed by atoms with van der Waals surface area (Å²) in [4.78, 5) is 12.6. The third-order valence-corrected chi connectivity index (χ3v) is 2.38. The van der Waals surface area contributed by atoms with Crippen molar-refractivity contribution in [3.8, 4) is 12.0 Å². The smallest absolute Gasteiger partial charge is 0.324 e. The third kappa shape index (κ3) is 6.04. The molecule has 0 aliphatic heterocycles. The number of nitrogens with zero attached hydrogens (tertiary/aromatic N) is 3. The molecular formula is C14H26N4O2. The van der Waals surface area contributed by atoms with Gasteiger partial charge in [-0.3, -0.25) is 0 Å². The highest BCUT2D eigenvalue weighted by atomic mass is 16.5.